The molecule has 0 spiro atoms. The SMILES string of the molecule is CCNC(COCC1CCCC1)c1ccc(OC)cc1. The summed E-state index contributed by atoms with van der Waals surface area (Å²) in [6.07, 6.45) is 5.44. The molecule has 1 aromatic rings. The summed E-state index contributed by atoms with van der Waals surface area (Å²) in [5, 5.41) is 3.50. The normalized spacial score (nSPS) is 17.3. The molecule has 0 amide bonds. The number of hydrogen-bond donors (Lipinski definition) is 1. The summed E-state index contributed by atoms with van der Waals surface area (Å²) >= 11 is 0. The highest BCUT2D eigenvalue weighted by atomic mass is 16.5. The molecule has 1 atom stereocenters. The monoisotopic (exact) mass is 277 g/mol. The molecule has 112 valence electrons. The van der Waals surface area contributed by atoms with Crippen LogP contribution in [0.3, 0.4) is 0 Å². The number of benzene rings is 1. The third-order valence-corrected chi connectivity index (χ3v) is 4.08. The van der Waals surface area contributed by atoms with Crippen molar-refractivity contribution in [3.05, 3.63) is 29.8 Å². The first-order valence-corrected chi connectivity index (χ1v) is 7.78. The van der Waals surface area contributed by atoms with Crippen LogP contribution in [0.25, 0.3) is 0 Å². The van der Waals surface area contributed by atoms with Crippen LogP contribution in [-0.2, 0) is 4.74 Å². The number of rotatable bonds is 8. The predicted octanol–water partition coefficient (Wildman–Crippen LogP) is 3.55. The molecule has 0 radical (unpaired) electrons. The topological polar surface area (TPSA) is 30.5 Å². The van der Waals surface area contributed by atoms with Crippen LogP contribution in [-0.4, -0.2) is 26.9 Å². The second kappa shape index (κ2) is 8.28. The van der Waals surface area contributed by atoms with E-state index in [0.29, 0.717) is 0 Å². The maximum Gasteiger partial charge on any atom is 0.118 e. The lowest BCUT2D eigenvalue weighted by atomic mass is 10.1. The Morgan fingerprint density at radius 3 is 2.50 bits per heavy atom. The van der Waals surface area contributed by atoms with Gasteiger partial charge in [0, 0.05) is 6.61 Å². The van der Waals surface area contributed by atoms with Gasteiger partial charge in [-0.15, -0.1) is 0 Å². The van der Waals surface area contributed by atoms with Gasteiger partial charge in [-0.25, -0.2) is 0 Å². The lowest BCUT2D eigenvalue weighted by molar-refractivity contribution is 0.0831. The summed E-state index contributed by atoms with van der Waals surface area (Å²) in [7, 11) is 1.70. The summed E-state index contributed by atoms with van der Waals surface area (Å²) in [6, 6.07) is 8.52. The van der Waals surface area contributed by atoms with E-state index in [1.54, 1.807) is 7.11 Å². The summed E-state index contributed by atoms with van der Waals surface area (Å²) in [5.41, 5.74) is 1.26. The highest BCUT2D eigenvalue weighted by Gasteiger charge is 2.16. The molecule has 1 aromatic carbocycles. The average Bonchev–Trinajstić information content (AvgIpc) is 3.00. The molecule has 0 heterocycles. The Hall–Kier alpha value is -1.06. The Balaban J connectivity index is 1.84. The number of likely N-dealkylation sites (N-methyl/N-ethyl adjacent to an activating group) is 1. The molecule has 1 N–H and O–H groups in total. The molecule has 1 fully saturated rings. The Bertz CT molecular complexity index is 371. The lowest BCUT2D eigenvalue weighted by Gasteiger charge is -2.20. The van der Waals surface area contributed by atoms with Gasteiger partial charge < -0.3 is 14.8 Å². The molecule has 0 saturated heterocycles. The van der Waals surface area contributed by atoms with Crippen LogP contribution in [0.15, 0.2) is 24.3 Å². The summed E-state index contributed by atoms with van der Waals surface area (Å²) < 4.78 is 11.2. The second-order valence-electron chi connectivity index (χ2n) is 5.57. The third kappa shape index (κ3) is 4.50. The fraction of sp³-hybridized carbons (Fsp3) is 0.647. The van der Waals surface area contributed by atoms with Crippen LogP contribution in [0, 0.1) is 5.92 Å². The molecule has 1 aliphatic carbocycles. The first kappa shape index (κ1) is 15.3. The lowest BCUT2D eigenvalue weighted by Crippen LogP contribution is -2.26. The summed E-state index contributed by atoms with van der Waals surface area (Å²) in [6.45, 7) is 4.74. The summed E-state index contributed by atoms with van der Waals surface area (Å²) in [4.78, 5) is 0. The minimum Gasteiger partial charge on any atom is -0.497 e. The van der Waals surface area contributed by atoms with Crippen LogP contribution in [0.2, 0.25) is 0 Å². The Labute approximate surface area is 122 Å². The van der Waals surface area contributed by atoms with E-state index in [-0.39, 0.29) is 6.04 Å². The van der Waals surface area contributed by atoms with Crippen molar-refractivity contribution in [1.82, 2.24) is 5.32 Å². The number of nitrogens with one attached hydrogen (secondary N) is 1. The number of ether oxygens (including phenoxy) is 2. The van der Waals surface area contributed by atoms with Crippen molar-refractivity contribution in [2.75, 3.05) is 26.9 Å². The van der Waals surface area contributed by atoms with E-state index in [2.05, 4.69) is 24.4 Å². The van der Waals surface area contributed by atoms with Gasteiger partial charge in [0.05, 0.1) is 19.8 Å². The summed E-state index contributed by atoms with van der Waals surface area (Å²) in [5.74, 6) is 1.68. The zero-order valence-electron chi connectivity index (χ0n) is 12.7. The molecule has 2 rings (SSSR count). The van der Waals surface area contributed by atoms with E-state index in [1.807, 2.05) is 12.1 Å². The number of methoxy groups -OCH3 is 1. The highest BCUT2D eigenvalue weighted by Crippen LogP contribution is 2.25. The van der Waals surface area contributed by atoms with E-state index < -0.39 is 0 Å². The smallest absolute Gasteiger partial charge is 0.118 e. The quantitative estimate of drug-likeness (QED) is 0.788. The molecule has 0 aromatic heterocycles. The van der Waals surface area contributed by atoms with Crippen molar-refractivity contribution in [2.24, 2.45) is 5.92 Å². The number of hydrogen-bond acceptors (Lipinski definition) is 3. The van der Waals surface area contributed by atoms with Crippen LogP contribution in [0.4, 0.5) is 0 Å². The van der Waals surface area contributed by atoms with Crippen LogP contribution >= 0.6 is 0 Å². The maximum absolute atomic E-state index is 5.95. The van der Waals surface area contributed by atoms with Crippen molar-refractivity contribution >= 4 is 0 Å². The predicted molar refractivity (Wildman–Crippen MR) is 82.2 cm³/mol. The van der Waals surface area contributed by atoms with Gasteiger partial charge >= 0.3 is 0 Å². The first-order chi connectivity index (χ1) is 9.83. The van der Waals surface area contributed by atoms with Crippen molar-refractivity contribution in [1.29, 1.82) is 0 Å². The standard InChI is InChI=1S/C17H27NO2/c1-3-18-17(13-20-12-14-6-4-5-7-14)15-8-10-16(19-2)11-9-15/h8-11,14,17-18H,3-7,12-13H2,1-2H3. The molecular weight excluding hydrogens is 250 g/mol. The van der Waals surface area contributed by atoms with Crippen molar-refractivity contribution in [3.8, 4) is 5.75 Å². The highest BCUT2D eigenvalue weighted by molar-refractivity contribution is 5.29. The van der Waals surface area contributed by atoms with Gasteiger partial charge in [0.25, 0.3) is 0 Å². The van der Waals surface area contributed by atoms with Crippen LogP contribution in [0.1, 0.15) is 44.2 Å². The fourth-order valence-electron chi connectivity index (χ4n) is 2.89. The molecule has 1 saturated carbocycles. The van der Waals surface area contributed by atoms with E-state index in [0.717, 1.165) is 31.4 Å². The van der Waals surface area contributed by atoms with Crippen molar-refractivity contribution in [3.63, 3.8) is 0 Å². The van der Waals surface area contributed by atoms with Gasteiger partial charge in [0.15, 0.2) is 0 Å². The van der Waals surface area contributed by atoms with Crippen molar-refractivity contribution in [2.45, 2.75) is 38.6 Å². The minimum absolute atomic E-state index is 0.271. The first-order valence-electron chi connectivity index (χ1n) is 7.78. The molecule has 3 heteroatoms. The Morgan fingerprint density at radius 1 is 1.20 bits per heavy atom. The minimum atomic E-state index is 0.271. The molecule has 1 aliphatic rings. The molecule has 3 nitrogen and oxygen atoms in total. The maximum atomic E-state index is 5.95. The largest absolute Gasteiger partial charge is 0.497 e. The van der Waals surface area contributed by atoms with Gasteiger partial charge in [-0.1, -0.05) is 31.9 Å². The van der Waals surface area contributed by atoms with Gasteiger partial charge in [0.2, 0.25) is 0 Å². The zero-order valence-corrected chi connectivity index (χ0v) is 12.7. The van der Waals surface area contributed by atoms with E-state index >= 15 is 0 Å². The van der Waals surface area contributed by atoms with E-state index in [4.69, 9.17) is 9.47 Å². The Morgan fingerprint density at radius 2 is 1.90 bits per heavy atom. The average molecular weight is 277 g/mol. The molecule has 0 bridgehead atoms. The fourth-order valence-corrected chi connectivity index (χ4v) is 2.89. The second-order valence-corrected chi connectivity index (χ2v) is 5.57. The van der Waals surface area contributed by atoms with Gasteiger partial charge in [-0.05, 0) is 43.0 Å². The Kier molecular flexibility index (Phi) is 6.34. The van der Waals surface area contributed by atoms with Crippen molar-refractivity contribution < 1.29 is 9.47 Å². The van der Waals surface area contributed by atoms with Gasteiger partial charge in [-0.2, -0.15) is 0 Å². The molecule has 0 aliphatic heterocycles. The molecular formula is C17H27NO2. The zero-order chi connectivity index (χ0) is 14.2. The van der Waals surface area contributed by atoms with Gasteiger partial charge in [0.1, 0.15) is 5.75 Å². The van der Waals surface area contributed by atoms with Crippen LogP contribution < -0.4 is 10.1 Å². The van der Waals surface area contributed by atoms with E-state index in [9.17, 15) is 0 Å². The van der Waals surface area contributed by atoms with Gasteiger partial charge in [-0.3, -0.25) is 0 Å². The van der Waals surface area contributed by atoms with Crippen LogP contribution in [0.5, 0.6) is 5.75 Å². The molecule has 1 unspecified atom stereocenters. The third-order valence-electron chi connectivity index (χ3n) is 4.08. The molecule has 20 heavy (non-hydrogen) atoms. The van der Waals surface area contributed by atoms with E-state index in [1.165, 1.54) is 31.2 Å².